The molecule has 0 spiro atoms. The molecule has 1 atom stereocenters. The number of likely N-dealkylation sites (N-methyl/N-ethyl adjacent to an activating group) is 1. The molecule has 2 aromatic carbocycles. The molecule has 1 aliphatic heterocycles. The first-order valence-corrected chi connectivity index (χ1v) is 12.3. The monoisotopic (exact) mass is 429 g/mol. The first kappa shape index (κ1) is 22.5. The maximum atomic E-state index is 12.9. The predicted octanol–water partition coefficient (Wildman–Crippen LogP) is 2.57. The van der Waals surface area contributed by atoms with E-state index in [1.54, 1.807) is 0 Å². The van der Waals surface area contributed by atoms with Gasteiger partial charge in [0, 0.05) is 20.1 Å². The van der Waals surface area contributed by atoms with Crippen LogP contribution in [0.4, 0.5) is 0 Å². The van der Waals surface area contributed by atoms with Crippen molar-refractivity contribution < 1.29 is 13.2 Å². The fourth-order valence-corrected chi connectivity index (χ4v) is 4.25. The fourth-order valence-electron chi connectivity index (χ4n) is 3.82. The predicted molar refractivity (Wildman–Crippen MR) is 119 cm³/mol. The van der Waals surface area contributed by atoms with Crippen LogP contribution in [0.15, 0.2) is 54.6 Å². The van der Waals surface area contributed by atoms with E-state index in [1.807, 2.05) is 42.3 Å². The minimum atomic E-state index is -3.22. The highest BCUT2D eigenvalue weighted by atomic mass is 32.2. The zero-order valence-electron chi connectivity index (χ0n) is 17.8. The molecule has 1 unspecified atom stereocenters. The van der Waals surface area contributed by atoms with Crippen LogP contribution in [0.5, 0.6) is 0 Å². The van der Waals surface area contributed by atoms with Crippen molar-refractivity contribution in [3.8, 4) is 0 Å². The van der Waals surface area contributed by atoms with Gasteiger partial charge in [-0.2, -0.15) is 0 Å². The molecule has 1 N–H and O–H groups in total. The lowest BCUT2D eigenvalue weighted by atomic mass is 10.0. The highest BCUT2D eigenvalue weighted by molar-refractivity contribution is 7.88. The van der Waals surface area contributed by atoms with Crippen LogP contribution in [-0.2, 0) is 27.8 Å². The molecule has 7 heteroatoms. The summed E-state index contributed by atoms with van der Waals surface area (Å²) in [6, 6.07) is 18.1. The van der Waals surface area contributed by atoms with Crippen LogP contribution in [0, 0.1) is 0 Å². The summed E-state index contributed by atoms with van der Waals surface area (Å²) >= 11 is 0. The Morgan fingerprint density at radius 2 is 1.63 bits per heavy atom. The maximum absolute atomic E-state index is 12.9. The summed E-state index contributed by atoms with van der Waals surface area (Å²) < 4.78 is 24.9. The van der Waals surface area contributed by atoms with Crippen LogP contribution >= 0.6 is 0 Å². The number of nitrogens with zero attached hydrogens (tertiary/aromatic N) is 2. The molecular weight excluding hydrogens is 398 g/mol. The van der Waals surface area contributed by atoms with Gasteiger partial charge in [0.15, 0.2) is 0 Å². The SMILES string of the molecule is CN(CC(c1ccccc1)N1CCCC1)C(=O)Cc1ccc(CNS(C)(=O)=O)cc1. The van der Waals surface area contributed by atoms with Crippen molar-refractivity contribution in [2.24, 2.45) is 0 Å². The zero-order valence-corrected chi connectivity index (χ0v) is 18.6. The van der Waals surface area contributed by atoms with Gasteiger partial charge in [-0.15, -0.1) is 0 Å². The number of hydrogen-bond donors (Lipinski definition) is 1. The minimum absolute atomic E-state index is 0.0807. The van der Waals surface area contributed by atoms with Crippen molar-refractivity contribution >= 4 is 15.9 Å². The molecule has 1 fully saturated rings. The topological polar surface area (TPSA) is 69.7 Å². The van der Waals surface area contributed by atoms with E-state index in [2.05, 4.69) is 33.9 Å². The largest absolute Gasteiger partial charge is 0.344 e. The summed E-state index contributed by atoms with van der Waals surface area (Å²) in [5.74, 6) is 0.0807. The highest BCUT2D eigenvalue weighted by Gasteiger charge is 2.26. The molecule has 1 aliphatic rings. The molecule has 2 aromatic rings. The number of nitrogens with one attached hydrogen (secondary N) is 1. The molecule has 1 amide bonds. The van der Waals surface area contributed by atoms with E-state index in [-0.39, 0.29) is 18.5 Å². The third kappa shape index (κ3) is 6.65. The standard InChI is InChI=1S/C23H31N3O3S/c1-25(18-22(26-14-6-7-15-26)21-8-4-3-5-9-21)23(27)16-19-10-12-20(13-11-19)17-24-30(2,28)29/h3-5,8-13,22,24H,6-7,14-18H2,1-2H3. The first-order valence-electron chi connectivity index (χ1n) is 10.4. The van der Waals surface area contributed by atoms with Crippen LogP contribution in [-0.4, -0.2) is 57.1 Å². The van der Waals surface area contributed by atoms with Crippen molar-refractivity contribution in [3.63, 3.8) is 0 Å². The van der Waals surface area contributed by atoms with Crippen molar-refractivity contribution in [1.82, 2.24) is 14.5 Å². The van der Waals surface area contributed by atoms with Gasteiger partial charge in [0.2, 0.25) is 15.9 Å². The first-order chi connectivity index (χ1) is 14.3. The van der Waals surface area contributed by atoms with Crippen molar-refractivity contribution in [3.05, 3.63) is 71.3 Å². The Hall–Kier alpha value is -2.22. The van der Waals surface area contributed by atoms with Crippen molar-refractivity contribution in [2.45, 2.75) is 31.8 Å². The Balaban J connectivity index is 1.60. The van der Waals surface area contributed by atoms with Crippen LogP contribution in [0.2, 0.25) is 0 Å². The van der Waals surface area contributed by atoms with E-state index < -0.39 is 10.0 Å². The number of hydrogen-bond acceptors (Lipinski definition) is 4. The maximum Gasteiger partial charge on any atom is 0.226 e. The van der Waals surface area contributed by atoms with Crippen LogP contribution < -0.4 is 4.72 Å². The van der Waals surface area contributed by atoms with Gasteiger partial charge >= 0.3 is 0 Å². The zero-order chi connectivity index (χ0) is 21.6. The van der Waals surface area contributed by atoms with Gasteiger partial charge in [-0.3, -0.25) is 9.69 Å². The molecular formula is C23H31N3O3S. The lowest BCUT2D eigenvalue weighted by Crippen LogP contribution is -2.38. The molecule has 30 heavy (non-hydrogen) atoms. The van der Waals surface area contributed by atoms with Gasteiger partial charge in [0.25, 0.3) is 0 Å². The Morgan fingerprint density at radius 1 is 1.03 bits per heavy atom. The lowest BCUT2D eigenvalue weighted by Gasteiger charge is -2.32. The molecule has 0 radical (unpaired) electrons. The van der Waals surface area contributed by atoms with Gasteiger partial charge < -0.3 is 4.90 Å². The molecule has 3 rings (SSSR count). The highest BCUT2D eigenvalue weighted by Crippen LogP contribution is 2.26. The smallest absolute Gasteiger partial charge is 0.226 e. The normalized spacial score (nSPS) is 15.8. The third-order valence-electron chi connectivity index (χ3n) is 5.56. The molecule has 0 saturated carbocycles. The summed E-state index contributed by atoms with van der Waals surface area (Å²) in [6.45, 7) is 3.07. The fraction of sp³-hybridized carbons (Fsp3) is 0.435. The number of likely N-dealkylation sites (tertiary alicyclic amines) is 1. The summed E-state index contributed by atoms with van der Waals surface area (Å²) in [6.07, 6.45) is 3.89. The summed E-state index contributed by atoms with van der Waals surface area (Å²) in [4.78, 5) is 17.2. The Kier molecular flexibility index (Phi) is 7.64. The van der Waals surface area contributed by atoms with Gasteiger partial charge in [-0.1, -0.05) is 54.6 Å². The third-order valence-corrected chi connectivity index (χ3v) is 6.22. The van der Waals surface area contributed by atoms with Crippen LogP contribution in [0.25, 0.3) is 0 Å². The van der Waals surface area contributed by atoms with Gasteiger partial charge in [-0.05, 0) is 42.6 Å². The average molecular weight is 430 g/mol. The van der Waals surface area contributed by atoms with Crippen molar-refractivity contribution in [1.29, 1.82) is 0 Å². The van der Waals surface area contributed by atoms with E-state index in [0.29, 0.717) is 13.0 Å². The number of benzene rings is 2. The van der Waals surface area contributed by atoms with Gasteiger partial charge in [0.05, 0.1) is 18.7 Å². The number of rotatable bonds is 9. The number of carbonyl (C=O) groups excluding carboxylic acids is 1. The number of amides is 1. The second kappa shape index (κ2) is 10.2. The Morgan fingerprint density at radius 3 is 2.23 bits per heavy atom. The number of carbonyl (C=O) groups is 1. The van der Waals surface area contributed by atoms with Crippen LogP contribution in [0.3, 0.4) is 0 Å². The van der Waals surface area contributed by atoms with Gasteiger partial charge in [-0.25, -0.2) is 13.1 Å². The molecule has 1 heterocycles. The van der Waals surface area contributed by atoms with E-state index in [0.717, 1.165) is 30.5 Å². The Labute approximate surface area is 179 Å². The van der Waals surface area contributed by atoms with E-state index in [9.17, 15) is 13.2 Å². The molecule has 162 valence electrons. The Bertz CT molecular complexity index is 924. The molecule has 6 nitrogen and oxygen atoms in total. The van der Waals surface area contributed by atoms with E-state index in [4.69, 9.17) is 0 Å². The average Bonchev–Trinajstić information content (AvgIpc) is 3.26. The van der Waals surface area contributed by atoms with E-state index >= 15 is 0 Å². The molecule has 1 saturated heterocycles. The molecule has 0 aromatic heterocycles. The summed E-state index contributed by atoms with van der Waals surface area (Å²) in [5, 5.41) is 0. The van der Waals surface area contributed by atoms with Crippen LogP contribution in [0.1, 0.15) is 35.6 Å². The molecule has 0 bridgehead atoms. The van der Waals surface area contributed by atoms with E-state index in [1.165, 1.54) is 18.4 Å². The summed E-state index contributed by atoms with van der Waals surface area (Å²) in [7, 11) is -1.35. The number of sulfonamides is 1. The lowest BCUT2D eigenvalue weighted by molar-refractivity contribution is -0.129. The second-order valence-electron chi connectivity index (χ2n) is 8.03. The molecule has 0 aliphatic carbocycles. The quantitative estimate of drug-likeness (QED) is 0.665. The minimum Gasteiger partial charge on any atom is -0.344 e. The van der Waals surface area contributed by atoms with Crippen molar-refractivity contribution in [2.75, 3.05) is 32.9 Å². The summed E-state index contributed by atoms with van der Waals surface area (Å²) in [5.41, 5.74) is 3.04. The van der Waals surface area contributed by atoms with Gasteiger partial charge in [0.1, 0.15) is 0 Å². The second-order valence-corrected chi connectivity index (χ2v) is 9.86.